The minimum absolute atomic E-state index is 0.0327. The summed E-state index contributed by atoms with van der Waals surface area (Å²) >= 11 is 1.53. The summed E-state index contributed by atoms with van der Waals surface area (Å²) in [7, 11) is 0. The number of carbonyl (C=O) groups is 1. The molecular weight excluding hydrogens is 368 g/mol. The van der Waals surface area contributed by atoms with Crippen LogP contribution in [0.4, 0.5) is 0 Å². The number of H-pyrrole nitrogens is 1. The van der Waals surface area contributed by atoms with Crippen LogP contribution in [-0.2, 0) is 18.6 Å². The zero-order valence-electron chi connectivity index (χ0n) is 15.9. The Bertz CT molecular complexity index is 955. The number of fused-ring (bicyclic) bond motifs is 1. The molecule has 2 N–H and O–H groups in total. The number of carbonyl (C=O) groups excluding carboxylic acids is 1. The van der Waals surface area contributed by atoms with Gasteiger partial charge in [0.05, 0.1) is 6.04 Å². The molecule has 0 spiro atoms. The van der Waals surface area contributed by atoms with Gasteiger partial charge in [0.2, 0.25) is 0 Å². The average molecular weight is 393 g/mol. The van der Waals surface area contributed by atoms with Gasteiger partial charge in [-0.25, -0.2) is 4.98 Å². The number of hydrogen-bond acceptors (Lipinski definition) is 4. The van der Waals surface area contributed by atoms with Crippen LogP contribution >= 0.6 is 11.8 Å². The first kappa shape index (κ1) is 18.7. The molecule has 4 rings (SSSR count). The molecule has 5 nitrogen and oxygen atoms in total. The van der Waals surface area contributed by atoms with Crippen LogP contribution in [0.25, 0.3) is 0 Å². The first-order valence-electron chi connectivity index (χ1n) is 9.69. The van der Waals surface area contributed by atoms with E-state index in [4.69, 9.17) is 0 Å². The molecule has 0 bridgehead atoms. The van der Waals surface area contributed by atoms with Crippen molar-refractivity contribution in [1.29, 1.82) is 0 Å². The highest BCUT2D eigenvalue weighted by molar-refractivity contribution is 7.98. The van der Waals surface area contributed by atoms with E-state index < -0.39 is 0 Å². The van der Waals surface area contributed by atoms with Crippen LogP contribution in [0.2, 0.25) is 0 Å². The molecule has 1 aromatic heterocycles. The number of aryl methyl sites for hydroxylation is 2. The fourth-order valence-corrected chi connectivity index (χ4v) is 4.44. The van der Waals surface area contributed by atoms with E-state index in [0.29, 0.717) is 11.3 Å². The fraction of sp³-hybridized carbons (Fsp3) is 0.318. The second kappa shape index (κ2) is 8.61. The lowest BCUT2D eigenvalue weighted by atomic mass is 9.89. The molecule has 1 heterocycles. The van der Waals surface area contributed by atoms with Gasteiger partial charge in [0.15, 0.2) is 5.16 Å². The van der Waals surface area contributed by atoms with E-state index in [2.05, 4.69) is 38.7 Å². The summed E-state index contributed by atoms with van der Waals surface area (Å²) in [5, 5.41) is 10.6. The van der Waals surface area contributed by atoms with E-state index in [1.165, 1.54) is 54.0 Å². The second-order valence-electron chi connectivity index (χ2n) is 7.17. The summed E-state index contributed by atoms with van der Waals surface area (Å²) < 4.78 is 0. The van der Waals surface area contributed by atoms with Crippen LogP contribution in [0.1, 0.15) is 58.4 Å². The van der Waals surface area contributed by atoms with Crippen molar-refractivity contribution < 1.29 is 4.79 Å². The lowest BCUT2D eigenvalue weighted by Gasteiger charge is -2.20. The number of rotatable bonds is 6. The van der Waals surface area contributed by atoms with E-state index in [-0.39, 0.29) is 11.9 Å². The number of benzene rings is 2. The lowest BCUT2D eigenvalue weighted by Crippen LogP contribution is -2.27. The van der Waals surface area contributed by atoms with Crippen molar-refractivity contribution in [2.24, 2.45) is 0 Å². The maximum absolute atomic E-state index is 12.9. The maximum Gasteiger partial charge on any atom is 0.252 e. The smallest absolute Gasteiger partial charge is 0.252 e. The molecule has 1 amide bonds. The van der Waals surface area contributed by atoms with Gasteiger partial charge >= 0.3 is 0 Å². The molecule has 0 fully saturated rings. The van der Waals surface area contributed by atoms with Gasteiger partial charge in [-0.2, -0.15) is 5.10 Å². The Morgan fingerprint density at radius 3 is 2.82 bits per heavy atom. The highest BCUT2D eigenvalue weighted by atomic mass is 32.2. The SMILES string of the molecule is CC(NC(=O)c1ccccc1CSc1ncn[nH]1)c1ccc2c(c1)CCCC2. The van der Waals surface area contributed by atoms with Crippen molar-refractivity contribution >= 4 is 17.7 Å². The van der Waals surface area contributed by atoms with Gasteiger partial charge < -0.3 is 5.32 Å². The zero-order valence-corrected chi connectivity index (χ0v) is 16.8. The number of aromatic nitrogens is 3. The van der Waals surface area contributed by atoms with Crippen molar-refractivity contribution in [3.8, 4) is 0 Å². The number of nitrogens with zero attached hydrogens (tertiary/aromatic N) is 2. The topological polar surface area (TPSA) is 70.7 Å². The van der Waals surface area contributed by atoms with E-state index in [9.17, 15) is 4.79 Å². The largest absolute Gasteiger partial charge is 0.346 e. The third kappa shape index (κ3) is 4.28. The van der Waals surface area contributed by atoms with Crippen molar-refractivity contribution in [2.75, 3.05) is 0 Å². The zero-order chi connectivity index (χ0) is 19.3. The molecule has 0 saturated carbocycles. The standard InChI is InChI=1S/C22H24N4OS/c1-15(17-11-10-16-6-2-3-7-18(16)12-17)25-21(27)20-9-5-4-8-19(20)13-28-22-23-14-24-26-22/h4-5,8-12,14-15H,2-3,6-7,13H2,1H3,(H,25,27)(H,23,24,26). The highest BCUT2D eigenvalue weighted by Crippen LogP contribution is 2.26. The maximum atomic E-state index is 12.9. The third-order valence-corrected chi connectivity index (χ3v) is 6.16. The highest BCUT2D eigenvalue weighted by Gasteiger charge is 2.17. The Hall–Kier alpha value is -2.60. The quantitative estimate of drug-likeness (QED) is 0.607. The molecule has 2 aromatic carbocycles. The molecule has 0 aliphatic heterocycles. The summed E-state index contributed by atoms with van der Waals surface area (Å²) in [6, 6.07) is 14.4. The summed E-state index contributed by atoms with van der Waals surface area (Å²) in [4.78, 5) is 17.1. The molecule has 1 aliphatic rings. The van der Waals surface area contributed by atoms with Crippen LogP contribution in [-0.4, -0.2) is 21.1 Å². The monoisotopic (exact) mass is 392 g/mol. The summed E-state index contributed by atoms with van der Waals surface area (Å²) in [6.45, 7) is 2.05. The first-order chi connectivity index (χ1) is 13.7. The van der Waals surface area contributed by atoms with Crippen molar-refractivity contribution in [2.45, 2.75) is 49.6 Å². The Balaban J connectivity index is 1.46. The van der Waals surface area contributed by atoms with E-state index in [0.717, 1.165) is 17.1 Å². The number of hydrogen-bond donors (Lipinski definition) is 2. The van der Waals surface area contributed by atoms with Gasteiger partial charge in [-0.05, 0) is 60.9 Å². The van der Waals surface area contributed by atoms with Gasteiger partial charge in [-0.1, -0.05) is 48.2 Å². The Kier molecular flexibility index (Phi) is 5.76. The summed E-state index contributed by atoms with van der Waals surface area (Å²) in [6.07, 6.45) is 6.34. The van der Waals surface area contributed by atoms with Crippen molar-refractivity contribution in [3.63, 3.8) is 0 Å². The molecule has 144 valence electrons. The Morgan fingerprint density at radius 1 is 1.18 bits per heavy atom. The van der Waals surface area contributed by atoms with E-state index >= 15 is 0 Å². The van der Waals surface area contributed by atoms with Crippen molar-refractivity contribution in [1.82, 2.24) is 20.5 Å². The van der Waals surface area contributed by atoms with Gasteiger partial charge in [0.25, 0.3) is 5.91 Å². The van der Waals surface area contributed by atoms with Crippen LogP contribution < -0.4 is 5.32 Å². The predicted molar refractivity (Wildman–Crippen MR) is 111 cm³/mol. The Labute approximate surface area is 169 Å². The fourth-order valence-electron chi connectivity index (χ4n) is 3.66. The van der Waals surface area contributed by atoms with E-state index in [1.807, 2.05) is 31.2 Å². The van der Waals surface area contributed by atoms with E-state index in [1.54, 1.807) is 0 Å². The number of amides is 1. The minimum atomic E-state index is -0.0426. The molecule has 0 radical (unpaired) electrons. The van der Waals surface area contributed by atoms with Crippen LogP contribution in [0.5, 0.6) is 0 Å². The van der Waals surface area contributed by atoms with Crippen LogP contribution in [0, 0.1) is 0 Å². The van der Waals surface area contributed by atoms with Crippen molar-refractivity contribution in [3.05, 3.63) is 76.6 Å². The molecule has 0 saturated heterocycles. The third-order valence-electron chi connectivity index (χ3n) is 5.24. The summed E-state index contributed by atoms with van der Waals surface area (Å²) in [5.41, 5.74) is 5.76. The molecule has 1 aliphatic carbocycles. The van der Waals surface area contributed by atoms with Gasteiger partial charge in [0.1, 0.15) is 6.33 Å². The van der Waals surface area contributed by atoms with Gasteiger partial charge in [-0.3, -0.25) is 9.89 Å². The number of aromatic amines is 1. The number of thioether (sulfide) groups is 1. The normalized spacial score (nSPS) is 14.3. The number of nitrogens with one attached hydrogen (secondary N) is 2. The van der Waals surface area contributed by atoms with Gasteiger partial charge in [0, 0.05) is 11.3 Å². The molecule has 6 heteroatoms. The molecule has 1 unspecified atom stereocenters. The van der Waals surface area contributed by atoms with Gasteiger partial charge in [-0.15, -0.1) is 0 Å². The molecule has 28 heavy (non-hydrogen) atoms. The average Bonchev–Trinajstić information content (AvgIpc) is 3.25. The van der Waals surface area contributed by atoms with Crippen LogP contribution in [0.15, 0.2) is 53.9 Å². The second-order valence-corrected chi connectivity index (χ2v) is 8.13. The first-order valence-corrected chi connectivity index (χ1v) is 10.7. The predicted octanol–water partition coefficient (Wildman–Crippen LogP) is 4.47. The lowest BCUT2D eigenvalue weighted by molar-refractivity contribution is 0.0939. The Morgan fingerprint density at radius 2 is 2.00 bits per heavy atom. The molecular formula is C22H24N4OS. The molecule has 1 atom stereocenters. The van der Waals surface area contributed by atoms with Crippen LogP contribution in [0.3, 0.4) is 0 Å². The molecule has 3 aromatic rings. The summed E-state index contributed by atoms with van der Waals surface area (Å²) in [5.74, 6) is 0.616. The minimum Gasteiger partial charge on any atom is -0.346 e.